The molecule has 19 heteroatoms. The summed E-state index contributed by atoms with van der Waals surface area (Å²) in [4.78, 5) is 72.4. The van der Waals surface area contributed by atoms with Gasteiger partial charge in [-0.1, -0.05) is 311 Å². The number of phosphoric acid groups is 2. The van der Waals surface area contributed by atoms with Gasteiger partial charge in [0.2, 0.25) is 0 Å². The predicted molar refractivity (Wildman–Crippen MR) is 358 cm³/mol. The molecule has 528 valence electrons. The van der Waals surface area contributed by atoms with Crippen LogP contribution in [0.5, 0.6) is 0 Å². The van der Waals surface area contributed by atoms with Crippen molar-refractivity contribution in [3.63, 3.8) is 0 Å². The van der Waals surface area contributed by atoms with Crippen LogP contribution in [0.4, 0.5) is 0 Å². The van der Waals surface area contributed by atoms with E-state index in [4.69, 9.17) is 37.0 Å². The molecule has 0 aromatic carbocycles. The van der Waals surface area contributed by atoms with Crippen molar-refractivity contribution in [2.45, 2.75) is 380 Å². The van der Waals surface area contributed by atoms with E-state index in [0.717, 1.165) is 102 Å². The van der Waals surface area contributed by atoms with E-state index in [1.165, 1.54) is 180 Å². The third kappa shape index (κ3) is 63.2. The van der Waals surface area contributed by atoms with Gasteiger partial charge in [0.05, 0.1) is 26.4 Å². The van der Waals surface area contributed by atoms with Crippen molar-refractivity contribution in [3.8, 4) is 0 Å². The van der Waals surface area contributed by atoms with E-state index in [2.05, 4.69) is 34.6 Å². The van der Waals surface area contributed by atoms with E-state index in [0.29, 0.717) is 25.7 Å². The highest BCUT2D eigenvalue weighted by atomic mass is 31.2. The van der Waals surface area contributed by atoms with Crippen LogP contribution < -0.4 is 0 Å². The maximum absolute atomic E-state index is 13.0. The third-order valence-electron chi connectivity index (χ3n) is 16.6. The van der Waals surface area contributed by atoms with E-state index in [1.807, 2.05) is 0 Å². The van der Waals surface area contributed by atoms with Crippen LogP contribution in [0.15, 0.2) is 0 Å². The fourth-order valence-electron chi connectivity index (χ4n) is 10.6. The maximum Gasteiger partial charge on any atom is 0.472 e. The molecule has 6 atom stereocenters. The lowest BCUT2D eigenvalue weighted by Gasteiger charge is -2.21. The predicted octanol–water partition coefficient (Wildman–Crippen LogP) is 20.1. The summed E-state index contributed by atoms with van der Waals surface area (Å²) in [5, 5.41) is 10.6. The lowest BCUT2D eigenvalue weighted by atomic mass is 9.99. The molecule has 0 heterocycles. The Morgan fingerprint density at radius 1 is 0.315 bits per heavy atom. The van der Waals surface area contributed by atoms with Crippen molar-refractivity contribution in [1.82, 2.24) is 0 Å². The highest BCUT2D eigenvalue weighted by Crippen LogP contribution is 2.45. The number of ether oxygens (including phenoxy) is 4. The standard InChI is InChI=1S/C70H136O17P2/c1-6-10-13-16-19-22-24-27-31-35-39-44-49-54-68(73)81-60-66(87-70(75)56-51-46-41-36-32-29-26-25-28-30-33-37-42-47-52-63(5)9-4)62-85-89(78,79)83-58-64(71)57-82-88(76,77)84-61-65(59-80-67(72)53-48-43-38-21-18-15-12-8-3)86-69(74)55-50-45-40-34-23-20-17-14-11-7-2/h63-66,71H,6-62H2,1-5H3,(H,76,77)(H,78,79)/t63?,64-,65+,66+/m0/s1. The largest absolute Gasteiger partial charge is 0.472 e. The van der Waals surface area contributed by atoms with Gasteiger partial charge in [0.1, 0.15) is 19.3 Å². The number of phosphoric ester groups is 2. The molecular weight excluding hydrogens is 1170 g/mol. The Balaban J connectivity index is 5.20. The molecule has 3 unspecified atom stereocenters. The van der Waals surface area contributed by atoms with Crippen molar-refractivity contribution in [2.24, 2.45) is 5.92 Å². The molecular formula is C70H136O17P2. The summed E-state index contributed by atoms with van der Waals surface area (Å²) in [5.41, 5.74) is 0. The quantitative estimate of drug-likeness (QED) is 0.0222. The number of rotatable bonds is 70. The Morgan fingerprint density at radius 2 is 0.539 bits per heavy atom. The van der Waals surface area contributed by atoms with Gasteiger partial charge in [-0.2, -0.15) is 0 Å². The summed E-state index contributed by atoms with van der Waals surface area (Å²) in [6.45, 7) is 7.27. The summed E-state index contributed by atoms with van der Waals surface area (Å²) in [6, 6.07) is 0. The molecule has 0 radical (unpaired) electrons. The number of hydrogen-bond donors (Lipinski definition) is 3. The van der Waals surface area contributed by atoms with Gasteiger partial charge >= 0.3 is 39.5 Å². The second-order valence-corrected chi connectivity index (χ2v) is 28.4. The van der Waals surface area contributed by atoms with E-state index < -0.39 is 97.5 Å². The molecule has 3 N–H and O–H groups in total. The number of carbonyl (C=O) groups excluding carboxylic acids is 4. The number of aliphatic hydroxyl groups is 1. The van der Waals surface area contributed by atoms with Crippen LogP contribution in [-0.4, -0.2) is 96.7 Å². The molecule has 0 saturated carbocycles. The first kappa shape index (κ1) is 87.1. The molecule has 0 rings (SSSR count). The highest BCUT2D eigenvalue weighted by molar-refractivity contribution is 7.47. The Hall–Kier alpha value is -1.94. The number of unbranched alkanes of at least 4 members (excludes halogenated alkanes) is 41. The summed E-state index contributed by atoms with van der Waals surface area (Å²) in [6.07, 6.45) is 49.8. The lowest BCUT2D eigenvalue weighted by molar-refractivity contribution is -0.161. The van der Waals surface area contributed by atoms with Crippen molar-refractivity contribution in [3.05, 3.63) is 0 Å². The van der Waals surface area contributed by atoms with Gasteiger partial charge in [0.15, 0.2) is 12.2 Å². The van der Waals surface area contributed by atoms with Crippen LogP contribution >= 0.6 is 15.6 Å². The zero-order valence-corrected chi connectivity index (χ0v) is 59.4. The Labute approximate surface area is 543 Å². The Kier molecular flexibility index (Phi) is 62.1. The summed E-state index contributed by atoms with van der Waals surface area (Å²) in [5.74, 6) is -1.28. The van der Waals surface area contributed by atoms with E-state index >= 15 is 0 Å². The molecule has 0 aliphatic rings. The molecule has 0 saturated heterocycles. The SMILES string of the molecule is CCCCCCCCCCCCCCCC(=O)OC[C@H](COP(=O)(O)OC[C@@H](O)COP(=O)(O)OC[C@@H](COC(=O)CCCCCCCCCC)OC(=O)CCCCCCCCCCCC)OC(=O)CCCCCCCCCCCCCCCCC(C)CC. The van der Waals surface area contributed by atoms with E-state index in [1.54, 1.807) is 0 Å². The molecule has 0 bridgehead atoms. The molecule has 0 aliphatic heterocycles. The minimum Gasteiger partial charge on any atom is -0.462 e. The van der Waals surface area contributed by atoms with E-state index in [9.17, 15) is 43.2 Å². The van der Waals surface area contributed by atoms with Crippen molar-refractivity contribution in [1.29, 1.82) is 0 Å². The van der Waals surface area contributed by atoms with Gasteiger partial charge in [-0.05, 0) is 31.6 Å². The summed E-state index contributed by atoms with van der Waals surface area (Å²) >= 11 is 0. The van der Waals surface area contributed by atoms with Crippen molar-refractivity contribution in [2.75, 3.05) is 39.6 Å². The van der Waals surface area contributed by atoms with Crippen LogP contribution in [0.25, 0.3) is 0 Å². The minimum atomic E-state index is -4.95. The average molecular weight is 1310 g/mol. The molecule has 89 heavy (non-hydrogen) atoms. The molecule has 0 amide bonds. The van der Waals surface area contributed by atoms with Crippen molar-refractivity contribution < 1.29 is 80.2 Å². The zero-order valence-electron chi connectivity index (χ0n) is 57.6. The smallest absolute Gasteiger partial charge is 0.462 e. The van der Waals surface area contributed by atoms with Crippen LogP contribution in [0.3, 0.4) is 0 Å². The van der Waals surface area contributed by atoms with Gasteiger partial charge in [0, 0.05) is 25.7 Å². The summed E-state index contributed by atoms with van der Waals surface area (Å²) in [7, 11) is -9.89. The van der Waals surface area contributed by atoms with E-state index in [-0.39, 0.29) is 25.7 Å². The number of carbonyl (C=O) groups is 4. The van der Waals surface area contributed by atoms with Gasteiger partial charge < -0.3 is 33.8 Å². The zero-order chi connectivity index (χ0) is 65.6. The Bertz CT molecular complexity index is 1720. The van der Waals surface area contributed by atoms with Crippen LogP contribution in [-0.2, 0) is 65.4 Å². The topological polar surface area (TPSA) is 237 Å². The van der Waals surface area contributed by atoms with Crippen LogP contribution in [0.1, 0.15) is 362 Å². The third-order valence-corrected chi connectivity index (χ3v) is 18.5. The van der Waals surface area contributed by atoms with Crippen molar-refractivity contribution >= 4 is 39.5 Å². The van der Waals surface area contributed by atoms with Gasteiger partial charge in [-0.25, -0.2) is 9.13 Å². The van der Waals surface area contributed by atoms with Gasteiger partial charge in [0.25, 0.3) is 0 Å². The lowest BCUT2D eigenvalue weighted by Crippen LogP contribution is -2.30. The molecule has 0 fully saturated rings. The first-order chi connectivity index (χ1) is 43.1. The monoisotopic (exact) mass is 1310 g/mol. The minimum absolute atomic E-state index is 0.106. The second-order valence-electron chi connectivity index (χ2n) is 25.5. The second kappa shape index (κ2) is 63.5. The fraction of sp³-hybridized carbons (Fsp3) is 0.943. The first-order valence-corrected chi connectivity index (χ1v) is 39.7. The average Bonchev–Trinajstić information content (AvgIpc) is 3.56. The van der Waals surface area contributed by atoms with Crippen LogP contribution in [0, 0.1) is 5.92 Å². The number of esters is 4. The fourth-order valence-corrected chi connectivity index (χ4v) is 12.2. The van der Waals surface area contributed by atoms with Gasteiger partial charge in [-0.15, -0.1) is 0 Å². The highest BCUT2D eigenvalue weighted by Gasteiger charge is 2.30. The molecule has 0 aliphatic carbocycles. The molecule has 0 spiro atoms. The molecule has 0 aromatic heterocycles. The van der Waals surface area contributed by atoms with Crippen LogP contribution in [0.2, 0.25) is 0 Å². The normalized spacial score (nSPS) is 14.4. The number of hydrogen-bond acceptors (Lipinski definition) is 15. The first-order valence-electron chi connectivity index (χ1n) is 36.7. The summed E-state index contributed by atoms with van der Waals surface area (Å²) < 4.78 is 68.2. The maximum atomic E-state index is 13.0. The molecule has 17 nitrogen and oxygen atoms in total. The molecule has 0 aromatic rings. The van der Waals surface area contributed by atoms with Gasteiger partial charge in [-0.3, -0.25) is 37.3 Å². The number of aliphatic hydroxyl groups excluding tert-OH is 1. The Morgan fingerprint density at radius 3 is 0.798 bits per heavy atom.